The van der Waals surface area contributed by atoms with Crippen LogP contribution in [-0.4, -0.2) is 29.9 Å². The molecule has 1 amide bonds. The molecule has 4 heteroatoms. The zero-order chi connectivity index (χ0) is 13.0. The van der Waals surface area contributed by atoms with Gasteiger partial charge in [0.2, 0.25) is 5.91 Å². The first-order chi connectivity index (χ1) is 8.74. The fourth-order valence-electron chi connectivity index (χ4n) is 2.00. The van der Waals surface area contributed by atoms with Crippen LogP contribution in [0.5, 0.6) is 0 Å². The van der Waals surface area contributed by atoms with Crippen molar-refractivity contribution in [3.05, 3.63) is 29.8 Å². The lowest BCUT2D eigenvalue weighted by atomic mass is 10.2. The Morgan fingerprint density at radius 1 is 1.50 bits per heavy atom. The average Bonchev–Trinajstić information content (AvgIpc) is 3.21. The van der Waals surface area contributed by atoms with Crippen molar-refractivity contribution in [2.75, 3.05) is 18.4 Å². The first-order valence-corrected chi connectivity index (χ1v) is 6.27. The number of carbonyl (C=O) groups excluding carboxylic acids is 1. The Kier molecular flexibility index (Phi) is 3.96. The van der Waals surface area contributed by atoms with Crippen LogP contribution in [0.3, 0.4) is 0 Å². The Bertz CT molecular complexity index is 474. The minimum absolute atomic E-state index is 0.0496. The molecule has 0 unspecified atom stereocenters. The molecule has 0 atom stereocenters. The smallest absolute Gasteiger partial charge is 0.238 e. The summed E-state index contributed by atoms with van der Waals surface area (Å²) in [6.07, 6.45) is 2.38. The zero-order valence-corrected chi connectivity index (χ0v) is 10.5. The van der Waals surface area contributed by atoms with Crippen molar-refractivity contribution >= 4 is 11.6 Å². The molecule has 2 rings (SSSR count). The molecule has 0 bridgehead atoms. The maximum absolute atomic E-state index is 11.9. The van der Waals surface area contributed by atoms with Gasteiger partial charge in [0.1, 0.15) is 6.07 Å². The van der Waals surface area contributed by atoms with Crippen LogP contribution < -0.4 is 5.32 Å². The highest BCUT2D eigenvalue weighted by Gasteiger charge is 2.28. The Morgan fingerprint density at radius 2 is 2.22 bits per heavy atom. The molecule has 0 radical (unpaired) electrons. The summed E-state index contributed by atoms with van der Waals surface area (Å²) in [5.74, 6) is -0.0496. The summed E-state index contributed by atoms with van der Waals surface area (Å²) in [7, 11) is 0. The van der Waals surface area contributed by atoms with Crippen LogP contribution in [0.25, 0.3) is 0 Å². The van der Waals surface area contributed by atoms with Crippen LogP contribution in [0.2, 0.25) is 0 Å². The number of benzene rings is 1. The van der Waals surface area contributed by atoms with E-state index in [1.165, 1.54) is 12.8 Å². The Labute approximate surface area is 107 Å². The SMILES string of the molecule is CCN(CC(=O)Nc1ccccc1C#N)C1CC1. The molecular weight excluding hydrogens is 226 g/mol. The van der Waals surface area contributed by atoms with E-state index in [0.29, 0.717) is 23.8 Å². The molecule has 0 saturated heterocycles. The summed E-state index contributed by atoms with van der Waals surface area (Å²) in [6, 6.07) is 9.71. The fourth-order valence-corrected chi connectivity index (χ4v) is 2.00. The number of anilines is 1. The fraction of sp³-hybridized carbons (Fsp3) is 0.429. The summed E-state index contributed by atoms with van der Waals surface area (Å²) in [4.78, 5) is 14.1. The standard InChI is InChI=1S/C14H17N3O/c1-2-17(12-7-8-12)10-14(18)16-13-6-4-3-5-11(13)9-15/h3-6,12H,2,7-8,10H2,1H3,(H,16,18). The first kappa shape index (κ1) is 12.6. The minimum atomic E-state index is -0.0496. The molecule has 1 aromatic carbocycles. The van der Waals surface area contributed by atoms with Crippen molar-refractivity contribution in [1.82, 2.24) is 4.90 Å². The van der Waals surface area contributed by atoms with Crippen LogP contribution in [0.15, 0.2) is 24.3 Å². The van der Waals surface area contributed by atoms with Gasteiger partial charge in [-0.3, -0.25) is 9.69 Å². The maximum atomic E-state index is 11.9. The van der Waals surface area contributed by atoms with Crippen molar-refractivity contribution in [3.63, 3.8) is 0 Å². The number of nitrogens with one attached hydrogen (secondary N) is 1. The molecule has 0 spiro atoms. The first-order valence-electron chi connectivity index (χ1n) is 6.27. The topological polar surface area (TPSA) is 56.1 Å². The second-order valence-corrected chi connectivity index (χ2v) is 4.50. The molecular formula is C14H17N3O. The third-order valence-corrected chi connectivity index (χ3v) is 3.14. The van der Waals surface area contributed by atoms with E-state index in [4.69, 9.17) is 5.26 Å². The predicted octanol–water partition coefficient (Wildman–Crippen LogP) is 1.98. The van der Waals surface area contributed by atoms with Gasteiger partial charge in [-0.2, -0.15) is 5.26 Å². The van der Waals surface area contributed by atoms with Gasteiger partial charge in [-0.25, -0.2) is 0 Å². The van der Waals surface area contributed by atoms with Gasteiger partial charge in [0.05, 0.1) is 17.8 Å². The van der Waals surface area contributed by atoms with E-state index in [9.17, 15) is 4.79 Å². The molecule has 1 saturated carbocycles. The molecule has 1 aromatic rings. The van der Waals surface area contributed by atoms with Gasteiger partial charge in [0.15, 0.2) is 0 Å². The highest BCUT2D eigenvalue weighted by atomic mass is 16.2. The number of nitriles is 1. The average molecular weight is 243 g/mol. The van der Waals surface area contributed by atoms with Crippen molar-refractivity contribution < 1.29 is 4.79 Å². The van der Waals surface area contributed by atoms with Crippen LogP contribution in [-0.2, 0) is 4.79 Å². The molecule has 0 aromatic heterocycles. The van der Waals surface area contributed by atoms with Crippen molar-refractivity contribution in [2.45, 2.75) is 25.8 Å². The predicted molar refractivity (Wildman–Crippen MR) is 70.1 cm³/mol. The third kappa shape index (κ3) is 3.08. The van der Waals surface area contributed by atoms with Crippen LogP contribution in [0, 0.1) is 11.3 Å². The maximum Gasteiger partial charge on any atom is 0.238 e. The molecule has 94 valence electrons. The molecule has 1 aliphatic carbocycles. The lowest BCUT2D eigenvalue weighted by Crippen LogP contribution is -2.34. The van der Waals surface area contributed by atoms with Gasteiger partial charge < -0.3 is 5.32 Å². The monoisotopic (exact) mass is 243 g/mol. The lowest BCUT2D eigenvalue weighted by molar-refractivity contribution is -0.117. The molecule has 0 aliphatic heterocycles. The molecule has 4 nitrogen and oxygen atoms in total. The molecule has 18 heavy (non-hydrogen) atoms. The number of para-hydroxylation sites is 1. The zero-order valence-electron chi connectivity index (χ0n) is 10.5. The normalized spacial score (nSPS) is 14.3. The summed E-state index contributed by atoms with van der Waals surface area (Å²) >= 11 is 0. The lowest BCUT2D eigenvalue weighted by Gasteiger charge is -2.19. The third-order valence-electron chi connectivity index (χ3n) is 3.14. The van der Waals surface area contributed by atoms with Crippen molar-refractivity contribution in [3.8, 4) is 6.07 Å². The molecule has 1 aliphatic rings. The van der Waals surface area contributed by atoms with Crippen LogP contribution >= 0.6 is 0 Å². The Morgan fingerprint density at radius 3 is 2.83 bits per heavy atom. The van der Waals surface area contributed by atoms with E-state index in [1.807, 2.05) is 6.07 Å². The van der Waals surface area contributed by atoms with Crippen LogP contribution in [0.1, 0.15) is 25.3 Å². The van der Waals surface area contributed by atoms with Gasteiger partial charge in [-0.15, -0.1) is 0 Å². The summed E-state index contributed by atoms with van der Waals surface area (Å²) in [6.45, 7) is 3.35. The van der Waals surface area contributed by atoms with Gasteiger partial charge >= 0.3 is 0 Å². The Hall–Kier alpha value is -1.86. The van der Waals surface area contributed by atoms with E-state index < -0.39 is 0 Å². The number of rotatable bonds is 5. The van der Waals surface area contributed by atoms with Gasteiger partial charge in [0.25, 0.3) is 0 Å². The number of nitrogens with zero attached hydrogens (tertiary/aromatic N) is 2. The number of hydrogen-bond acceptors (Lipinski definition) is 3. The molecule has 0 heterocycles. The number of hydrogen-bond donors (Lipinski definition) is 1. The second kappa shape index (κ2) is 5.65. The quantitative estimate of drug-likeness (QED) is 0.860. The van der Waals surface area contributed by atoms with E-state index in [-0.39, 0.29) is 5.91 Å². The molecule has 1 N–H and O–H groups in total. The second-order valence-electron chi connectivity index (χ2n) is 4.50. The van der Waals surface area contributed by atoms with E-state index in [1.54, 1.807) is 18.2 Å². The number of carbonyl (C=O) groups is 1. The van der Waals surface area contributed by atoms with E-state index in [0.717, 1.165) is 6.54 Å². The number of amides is 1. The van der Waals surface area contributed by atoms with E-state index in [2.05, 4.69) is 23.2 Å². The van der Waals surface area contributed by atoms with Gasteiger partial charge in [-0.1, -0.05) is 19.1 Å². The summed E-state index contributed by atoms with van der Waals surface area (Å²) in [5, 5.41) is 11.8. The largest absolute Gasteiger partial charge is 0.324 e. The van der Waals surface area contributed by atoms with Crippen molar-refractivity contribution in [1.29, 1.82) is 5.26 Å². The molecule has 1 fully saturated rings. The summed E-state index contributed by atoms with van der Waals surface area (Å²) < 4.78 is 0. The Balaban J connectivity index is 1.96. The summed E-state index contributed by atoms with van der Waals surface area (Å²) in [5.41, 5.74) is 1.09. The highest BCUT2D eigenvalue weighted by molar-refractivity contribution is 5.93. The van der Waals surface area contributed by atoms with Gasteiger partial charge in [-0.05, 0) is 31.5 Å². The number of likely N-dealkylation sites (N-methyl/N-ethyl adjacent to an activating group) is 1. The van der Waals surface area contributed by atoms with E-state index >= 15 is 0 Å². The van der Waals surface area contributed by atoms with Gasteiger partial charge in [0, 0.05) is 6.04 Å². The van der Waals surface area contributed by atoms with Crippen LogP contribution in [0.4, 0.5) is 5.69 Å². The highest BCUT2D eigenvalue weighted by Crippen LogP contribution is 2.26. The minimum Gasteiger partial charge on any atom is -0.324 e. The van der Waals surface area contributed by atoms with Crippen molar-refractivity contribution in [2.24, 2.45) is 0 Å².